The second kappa shape index (κ2) is 8.81. The van der Waals surface area contributed by atoms with E-state index in [9.17, 15) is 9.59 Å². The van der Waals surface area contributed by atoms with E-state index in [1.54, 1.807) is 13.1 Å². The fraction of sp³-hybridized carbons (Fsp3) is 0.250. The van der Waals surface area contributed by atoms with Crippen molar-refractivity contribution in [1.82, 2.24) is 4.57 Å². The third kappa shape index (κ3) is 4.30. The summed E-state index contributed by atoms with van der Waals surface area (Å²) in [5.41, 5.74) is 3.60. The molecule has 0 radical (unpaired) electrons. The molecule has 0 N–H and O–H groups in total. The normalized spacial score (nSPS) is 15.6. The molecule has 0 atom stereocenters. The van der Waals surface area contributed by atoms with E-state index in [4.69, 9.17) is 4.74 Å². The second-order valence-corrected chi connectivity index (χ2v) is 8.39. The van der Waals surface area contributed by atoms with Crippen molar-refractivity contribution < 1.29 is 9.53 Å². The summed E-state index contributed by atoms with van der Waals surface area (Å²) in [7, 11) is 1.70. The molecule has 6 heteroatoms. The number of nitrogens with zero attached hydrogens (tertiary/aromatic N) is 2. The van der Waals surface area contributed by atoms with Gasteiger partial charge in [-0.1, -0.05) is 36.4 Å². The Kier molecular flexibility index (Phi) is 5.97. The molecule has 0 bridgehead atoms. The van der Waals surface area contributed by atoms with E-state index in [0.717, 1.165) is 43.1 Å². The van der Waals surface area contributed by atoms with Crippen LogP contribution in [0.3, 0.4) is 0 Å². The topological polar surface area (TPSA) is 51.5 Å². The van der Waals surface area contributed by atoms with Crippen molar-refractivity contribution in [2.75, 3.05) is 31.2 Å². The lowest BCUT2D eigenvalue weighted by Crippen LogP contribution is -2.36. The molecular weight excluding hydrogens is 396 g/mol. The molecule has 1 aromatic heterocycles. The van der Waals surface area contributed by atoms with Crippen LogP contribution in [-0.2, 0) is 11.8 Å². The standard InChI is InChI=1S/C24H24N2O3S/c1-17-5-3-4-6-20(17)21(27)16-23-25(2)24(28)22(30-23)15-18-7-9-19(10-8-18)26-11-13-29-14-12-26/h3-10,15-16H,11-14H2,1-2H3/b22-15-,23-16-. The van der Waals surface area contributed by atoms with Gasteiger partial charge in [0.1, 0.15) is 4.66 Å². The monoisotopic (exact) mass is 420 g/mol. The fourth-order valence-corrected chi connectivity index (χ4v) is 4.53. The average Bonchev–Trinajstić information content (AvgIpc) is 3.03. The SMILES string of the molecule is Cc1ccccc1C(=O)/C=c1\s/c(=C\c2ccc(N3CCOCC3)cc2)c(=O)n1C. The number of hydrogen-bond donors (Lipinski definition) is 0. The van der Waals surface area contributed by atoms with Gasteiger partial charge in [0, 0.05) is 37.5 Å². The molecule has 2 aromatic carbocycles. The summed E-state index contributed by atoms with van der Waals surface area (Å²) in [4.78, 5) is 27.6. The lowest BCUT2D eigenvalue weighted by atomic mass is 10.1. The number of thiazole rings is 1. The lowest BCUT2D eigenvalue weighted by Gasteiger charge is -2.28. The molecular formula is C24H24N2O3S. The first-order chi connectivity index (χ1) is 14.5. The molecule has 0 unspecified atom stereocenters. The Labute approximate surface area is 179 Å². The molecule has 2 heterocycles. The maximum Gasteiger partial charge on any atom is 0.268 e. The number of anilines is 1. The van der Waals surface area contributed by atoms with E-state index >= 15 is 0 Å². The van der Waals surface area contributed by atoms with Gasteiger partial charge in [-0.2, -0.15) is 0 Å². The van der Waals surface area contributed by atoms with E-state index < -0.39 is 0 Å². The average molecular weight is 421 g/mol. The number of ether oxygens (including phenoxy) is 1. The Bertz CT molecular complexity index is 1230. The van der Waals surface area contributed by atoms with Crippen LogP contribution in [0, 0.1) is 6.92 Å². The smallest absolute Gasteiger partial charge is 0.268 e. The molecule has 0 aliphatic carbocycles. The highest BCUT2D eigenvalue weighted by Crippen LogP contribution is 2.17. The number of benzene rings is 2. The number of morpholine rings is 1. The summed E-state index contributed by atoms with van der Waals surface area (Å²) in [5.74, 6) is -0.0913. The van der Waals surface area contributed by atoms with Crippen LogP contribution < -0.4 is 19.7 Å². The molecule has 1 aliphatic heterocycles. The number of rotatable bonds is 4. The molecule has 1 fully saturated rings. The molecule has 4 rings (SSSR count). The third-order valence-electron chi connectivity index (χ3n) is 5.29. The zero-order valence-corrected chi connectivity index (χ0v) is 17.9. The summed E-state index contributed by atoms with van der Waals surface area (Å²) in [6.07, 6.45) is 3.43. The summed E-state index contributed by atoms with van der Waals surface area (Å²) < 4.78 is 8.19. The second-order valence-electron chi connectivity index (χ2n) is 7.33. The summed E-state index contributed by atoms with van der Waals surface area (Å²) in [6.45, 7) is 5.19. The number of carbonyl (C=O) groups excluding carboxylic acids is 1. The fourth-order valence-electron chi connectivity index (χ4n) is 3.50. The van der Waals surface area contributed by atoms with Gasteiger partial charge in [0.15, 0.2) is 5.78 Å². The van der Waals surface area contributed by atoms with Crippen LogP contribution in [0.25, 0.3) is 12.2 Å². The van der Waals surface area contributed by atoms with E-state index in [1.807, 2.05) is 49.4 Å². The zero-order valence-electron chi connectivity index (χ0n) is 17.1. The largest absolute Gasteiger partial charge is 0.378 e. The van der Waals surface area contributed by atoms with Crippen LogP contribution in [0.2, 0.25) is 0 Å². The maximum atomic E-state index is 12.7. The van der Waals surface area contributed by atoms with E-state index in [0.29, 0.717) is 14.8 Å². The van der Waals surface area contributed by atoms with Crippen molar-refractivity contribution in [2.24, 2.45) is 7.05 Å². The molecule has 3 aromatic rings. The Morgan fingerprint density at radius 1 is 1.07 bits per heavy atom. The minimum absolute atomic E-state index is 0.0913. The predicted octanol–water partition coefficient (Wildman–Crippen LogP) is 2.08. The molecule has 30 heavy (non-hydrogen) atoms. The van der Waals surface area contributed by atoms with Gasteiger partial charge in [-0.15, -0.1) is 11.3 Å². The first-order valence-electron chi connectivity index (χ1n) is 9.95. The lowest BCUT2D eigenvalue weighted by molar-refractivity contribution is 0.106. The zero-order chi connectivity index (χ0) is 21.1. The molecule has 0 saturated carbocycles. The van der Waals surface area contributed by atoms with Crippen LogP contribution in [0.15, 0.2) is 53.3 Å². The van der Waals surface area contributed by atoms with Crippen LogP contribution in [0.5, 0.6) is 0 Å². The van der Waals surface area contributed by atoms with Gasteiger partial charge in [-0.3, -0.25) is 9.59 Å². The number of hydrogen-bond acceptors (Lipinski definition) is 5. The molecule has 1 saturated heterocycles. The number of aromatic nitrogens is 1. The Morgan fingerprint density at radius 2 is 1.77 bits per heavy atom. The van der Waals surface area contributed by atoms with Crippen LogP contribution in [0.1, 0.15) is 21.5 Å². The summed E-state index contributed by atoms with van der Waals surface area (Å²) in [5, 5.41) is 0. The highest BCUT2D eigenvalue weighted by molar-refractivity contribution is 7.07. The van der Waals surface area contributed by atoms with E-state index in [1.165, 1.54) is 15.9 Å². The first-order valence-corrected chi connectivity index (χ1v) is 10.8. The summed E-state index contributed by atoms with van der Waals surface area (Å²) >= 11 is 1.33. The van der Waals surface area contributed by atoms with Gasteiger partial charge in [0.25, 0.3) is 5.56 Å². The van der Waals surface area contributed by atoms with Crippen molar-refractivity contribution in [3.05, 3.63) is 84.8 Å². The quantitative estimate of drug-likeness (QED) is 0.607. The Balaban J connectivity index is 1.64. The van der Waals surface area contributed by atoms with Gasteiger partial charge in [-0.25, -0.2) is 0 Å². The molecule has 154 valence electrons. The molecule has 1 aliphatic rings. The number of Topliss-reactive ketones (excluding diaryl/α,β-unsaturated/α-hetero) is 1. The van der Waals surface area contributed by atoms with Gasteiger partial charge in [-0.05, 0) is 36.3 Å². The highest BCUT2D eigenvalue weighted by Gasteiger charge is 2.11. The number of carbonyl (C=O) groups is 1. The minimum Gasteiger partial charge on any atom is -0.378 e. The summed E-state index contributed by atoms with van der Waals surface area (Å²) in [6, 6.07) is 15.7. The van der Waals surface area contributed by atoms with Gasteiger partial charge < -0.3 is 14.2 Å². The van der Waals surface area contributed by atoms with Crippen molar-refractivity contribution in [3.63, 3.8) is 0 Å². The van der Waals surface area contributed by atoms with Gasteiger partial charge >= 0.3 is 0 Å². The van der Waals surface area contributed by atoms with E-state index in [2.05, 4.69) is 17.0 Å². The van der Waals surface area contributed by atoms with Gasteiger partial charge in [0.2, 0.25) is 0 Å². The minimum atomic E-state index is -0.0962. The van der Waals surface area contributed by atoms with Crippen molar-refractivity contribution in [2.45, 2.75) is 6.92 Å². The molecule has 0 spiro atoms. The number of aryl methyl sites for hydroxylation is 1. The third-order valence-corrected chi connectivity index (χ3v) is 6.41. The number of ketones is 1. The maximum absolute atomic E-state index is 12.7. The Morgan fingerprint density at radius 3 is 2.47 bits per heavy atom. The van der Waals surface area contributed by atoms with Crippen LogP contribution in [0.4, 0.5) is 5.69 Å². The van der Waals surface area contributed by atoms with Crippen LogP contribution >= 0.6 is 11.3 Å². The highest BCUT2D eigenvalue weighted by atomic mass is 32.1. The van der Waals surface area contributed by atoms with E-state index in [-0.39, 0.29) is 11.3 Å². The van der Waals surface area contributed by atoms with Crippen molar-refractivity contribution in [3.8, 4) is 0 Å². The first kappa shape index (κ1) is 20.3. The predicted molar refractivity (Wildman–Crippen MR) is 122 cm³/mol. The molecule has 0 amide bonds. The van der Waals surface area contributed by atoms with Crippen molar-refractivity contribution in [1.29, 1.82) is 0 Å². The van der Waals surface area contributed by atoms with Crippen LogP contribution in [-0.4, -0.2) is 36.7 Å². The Hall–Kier alpha value is -2.96. The molecule has 5 nitrogen and oxygen atoms in total. The van der Waals surface area contributed by atoms with Gasteiger partial charge in [0.05, 0.1) is 17.7 Å². The van der Waals surface area contributed by atoms with Crippen molar-refractivity contribution >= 4 is 35.0 Å².